The third-order valence-corrected chi connectivity index (χ3v) is 4.37. The van der Waals surface area contributed by atoms with Gasteiger partial charge in [-0.25, -0.2) is 5.48 Å². The summed E-state index contributed by atoms with van der Waals surface area (Å²) in [6, 6.07) is 12.7. The largest absolute Gasteiger partial charge is 0.343 e. The second-order valence-corrected chi connectivity index (χ2v) is 5.66. The van der Waals surface area contributed by atoms with E-state index in [1.807, 2.05) is 35.0 Å². The van der Waals surface area contributed by atoms with E-state index in [1.54, 1.807) is 23.7 Å². The summed E-state index contributed by atoms with van der Waals surface area (Å²) in [5.74, 6) is -0.546. The topological polar surface area (TPSA) is 54.3 Å². The first kappa shape index (κ1) is 14.9. The Balaban J connectivity index is 2.03. The molecule has 112 valence electrons. The molecule has 3 rings (SSSR count). The molecule has 0 atom stereocenters. The van der Waals surface area contributed by atoms with Gasteiger partial charge in [0.2, 0.25) is 0 Å². The molecule has 0 aliphatic carbocycles. The Morgan fingerprint density at radius 3 is 2.77 bits per heavy atom. The molecule has 2 N–H and O–H groups in total. The zero-order valence-corrected chi connectivity index (χ0v) is 12.9. The van der Waals surface area contributed by atoms with Crippen LogP contribution in [-0.4, -0.2) is 15.7 Å². The zero-order valence-electron chi connectivity index (χ0n) is 11.4. The lowest BCUT2D eigenvalue weighted by Gasteiger charge is -2.09. The van der Waals surface area contributed by atoms with Gasteiger partial charge in [-0.2, -0.15) is 0 Å². The molecule has 0 saturated carbocycles. The molecule has 0 bridgehead atoms. The molecule has 0 radical (unpaired) electrons. The van der Waals surface area contributed by atoms with Gasteiger partial charge in [0.1, 0.15) is 0 Å². The SMILES string of the molecule is O=C(NO)c1ccc2ccn(Cc3cccc(Cl)c3Cl)c2c1. The molecule has 0 spiro atoms. The number of aromatic nitrogens is 1. The number of halogens is 2. The fourth-order valence-corrected chi connectivity index (χ4v) is 2.76. The van der Waals surface area contributed by atoms with Crippen molar-refractivity contribution in [3.05, 3.63) is 69.8 Å². The molecular formula is C16H12Cl2N2O2. The number of carbonyl (C=O) groups excluding carboxylic acids is 1. The highest BCUT2D eigenvalue weighted by molar-refractivity contribution is 6.42. The number of amides is 1. The van der Waals surface area contributed by atoms with Crippen molar-refractivity contribution in [3.63, 3.8) is 0 Å². The van der Waals surface area contributed by atoms with Gasteiger partial charge in [-0.05, 0) is 35.2 Å². The van der Waals surface area contributed by atoms with E-state index in [-0.39, 0.29) is 0 Å². The minimum absolute atomic E-state index is 0.382. The van der Waals surface area contributed by atoms with Gasteiger partial charge < -0.3 is 4.57 Å². The molecule has 4 nitrogen and oxygen atoms in total. The van der Waals surface area contributed by atoms with Gasteiger partial charge in [-0.1, -0.05) is 41.4 Å². The van der Waals surface area contributed by atoms with Crippen LogP contribution >= 0.6 is 23.2 Å². The first-order chi connectivity index (χ1) is 10.6. The molecule has 0 saturated heterocycles. The van der Waals surface area contributed by atoms with Gasteiger partial charge in [-0.15, -0.1) is 0 Å². The molecule has 22 heavy (non-hydrogen) atoms. The van der Waals surface area contributed by atoms with Crippen molar-refractivity contribution in [1.29, 1.82) is 0 Å². The van der Waals surface area contributed by atoms with E-state index in [4.69, 9.17) is 28.4 Å². The van der Waals surface area contributed by atoms with Crippen LogP contribution in [0.5, 0.6) is 0 Å². The average Bonchev–Trinajstić information content (AvgIpc) is 2.93. The Hall–Kier alpha value is -2.01. The number of nitrogens with one attached hydrogen (secondary N) is 1. The van der Waals surface area contributed by atoms with Gasteiger partial charge in [0.25, 0.3) is 5.91 Å². The number of hydrogen-bond donors (Lipinski definition) is 2. The van der Waals surface area contributed by atoms with Crippen LogP contribution < -0.4 is 5.48 Å². The number of benzene rings is 2. The summed E-state index contributed by atoms with van der Waals surface area (Å²) in [5.41, 5.74) is 3.78. The highest BCUT2D eigenvalue weighted by Crippen LogP contribution is 2.27. The van der Waals surface area contributed by atoms with Crippen molar-refractivity contribution in [2.45, 2.75) is 6.54 Å². The number of hydrogen-bond acceptors (Lipinski definition) is 2. The number of hydroxylamine groups is 1. The van der Waals surface area contributed by atoms with Gasteiger partial charge in [0.15, 0.2) is 0 Å². The lowest BCUT2D eigenvalue weighted by Crippen LogP contribution is -2.18. The molecule has 0 fully saturated rings. The summed E-state index contributed by atoms with van der Waals surface area (Å²) < 4.78 is 1.97. The number of carbonyl (C=O) groups is 1. The number of rotatable bonds is 3. The van der Waals surface area contributed by atoms with E-state index in [9.17, 15) is 4.79 Å². The monoisotopic (exact) mass is 334 g/mol. The number of nitrogens with zero attached hydrogens (tertiary/aromatic N) is 1. The molecule has 1 aromatic heterocycles. The standard InChI is InChI=1S/C16H12Cl2N2O2/c17-13-3-1-2-12(15(13)18)9-20-7-6-10-4-5-11(8-14(10)20)16(21)19-22/h1-8,22H,9H2,(H,19,21). The molecule has 1 heterocycles. The van der Waals surface area contributed by atoms with E-state index in [0.717, 1.165) is 16.5 Å². The third-order valence-electron chi connectivity index (χ3n) is 3.51. The first-order valence-electron chi connectivity index (χ1n) is 6.56. The van der Waals surface area contributed by atoms with Crippen molar-refractivity contribution in [3.8, 4) is 0 Å². The van der Waals surface area contributed by atoms with Crippen LogP contribution in [0.2, 0.25) is 10.0 Å². The summed E-state index contributed by atoms with van der Waals surface area (Å²) in [4.78, 5) is 11.5. The van der Waals surface area contributed by atoms with Crippen LogP contribution in [0.15, 0.2) is 48.7 Å². The Bertz CT molecular complexity index is 858. The number of fused-ring (bicyclic) bond motifs is 1. The van der Waals surface area contributed by atoms with Gasteiger partial charge >= 0.3 is 0 Å². The van der Waals surface area contributed by atoms with E-state index in [0.29, 0.717) is 22.2 Å². The van der Waals surface area contributed by atoms with Crippen LogP contribution in [0, 0.1) is 0 Å². The van der Waals surface area contributed by atoms with Gasteiger partial charge in [0.05, 0.1) is 10.0 Å². The summed E-state index contributed by atoms with van der Waals surface area (Å²) in [7, 11) is 0. The van der Waals surface area contributed by atoms with Crippen molar-refractivity contribution in [2.75, 3.05) is 0 Å². The summed E-state index contributed by atoms with van der Waals surface area (Å²) in [6.07, 6.45) is 1.92. The van der Waals surface area contributed by atoms with E-state index < -0.39 is 5.91 Å². The van der Waals surface area contributed by atoms with Gasteiger partial charge in [0, 0.05) is 23.8 Å². The van der Waals surface area contributed by atoms with Gasteiger partial charge in [-0.3, -0.25) is 10.0 Å². The maximum absolute atomic E-state index is 11.5. The Labute approximate surface area is 136 Å². The zero-order chi connectivity index (χ0) is 15.7. The van der Waals surface area contributed by atoms with Crippen molar-refractivity contribution >= 4 is 40.0 Å². The lowest BCUT2D eigenvalue weighted by atomic mass is 10.1. The first-order valence-corrected chi connectivity index (χ1v) is 7.32. The second-order valence-electron chi connectivity index (χ2n) is 4.87. The maximum Gasteiger partial charge on any atom is 0.274 e. The van der Waals surface area contributed by atoms with Crippen molar-refractivity contribution in [1.82, 2.24) is 10.0 Å². The fraction of sp³-hybridized carbons (Fsp3) is 0.0625. The molecule has 0 unspecified atom stereocenters. The summed E-state index contributed by atoms with van der Waals surface area (Å²) in [5, 5.41) is 10.8. The molecule has 1 amide bonds. The van der Waals surface area contributed by atoms with Crippen LogP contribution in [-0.2, 0) is 6.54 Å². The Kier molecular flexibility index (Phi) is 4.07. The fourth-order valence-electron chi connectivity index (χ4n) is 2.38. The van der Waals surface area contributed by atoms with E-state index in [2.05, 4.69) is 0 Å². The maximum atomic E-state index is 11.5. The Morgan fingerprint density at radius 1 is 1.18 bits per heavy atom. The highest BCUT2D eigenvalue weighted by atomic mass is 35.5. The van der Waals surface area contributed by atoms with Crippen molar-refractivity contribution < 1.29 is 10.0 Å². The summed E-state index contributed by atoms with van der Waals surface area (Å²) in [6.45, 7) is 0.535. The lowest BCUT2D eigenvalue weighted by molar-refractivity contribution is 0.0706. The molecular weight excluding hydrogens is 323 g/mol. The molecule has 0 aliphatic heterocycles. The molecule has 0 aliphatic rings. The van der Waals surface area contributed by atoms with Crippen molar-refractivity contribution in [2.24, 2.45) is 0 Å². The summed E-state index contributed by atoms with van der Waals surface area (Å²) >= 11 is 12.3. The van der Waals surface area contributed by atoms with E-state index in [1.165, 1.54) is 0 Å². The highest BCUT2D eigenvalue weighted by Gasteiger charge is 2.10. The predicted molar refractivity (Wildman–Crippen MR) is 86.8 cm³/mol. The third kappa shape index (κ3) is 2.68. The van der Waals surface area contributed by atoms with Crippen LogP contribution in [0.4, 0.5) is 0 Å². The normalized spacial score (nSPS) is 10.9. The smallest absolute Gasteiger partial charge is 0.274 e. The minimum Gasteiger partial charge on any atom is -0.343 e. The molecule has 6 heteroatoms. The molecule has 2 aromatic carbocycles. The van der Waals surface area contributed by atoms with E-state index >= 15 is 0 Å². The van der Waals surface area contributed by atoms with Crippen LogP contribution in [0.25, 0.3) is 10.9 Å². The molecule has 3 aromatic rings. The predicted octanol–water partition coefficient (Wildman–Crippen LogP) is 4.12. The Morgan fingerprint density at radius 2 is 2.00 bits per heavy atom. The van der Waals surface area contributed by atoms with Crippen LogP contribution in [0.1, 0.15) is 15.9 Å². The van der Waals surface area contributed by atoms with Crippen LogP contribution in [0.3, 0.4) is 0 Å². The second kappa shape index (κ2) is 6.01. The average molecular weight is 335 g/mol. The minimum atomic E-state index is -0.546. The quantitative estimate of drug-likeness (QED) is 0.559.